The molecule has 2 rings (SSSR count). The van der Waals surface area contributed by atoms with Gasteiger partial charge in [0.05, 0.1) is 11.4 Å². The van der Waals surface area contributed by atoms with Crippen LogP contribution in [0.5, 0.6) is 0 Å². The number of hydrogen-bond donors (Lipinski definition) is 0. The fourth-order valence-electron chi connectivity index (χ4n) is 1.64. The first kappa shape index (κ1) is 12.0. The van der Waals surface area contributed by atoms with E-state index in [0.29, 0.717) is 18.2 Å². The van der Waals surface area contributed by atoms with E-state index in [0.717, 1.165) is 6.07 Å². The molecule has 1 aromatic heterocycles. The van der Waals surface area contributed by atoms with Crippen LogP contribution in [-0.2, 0) is 12.4 Å². The van der Waals surface area contributed by atoms with E-state index >= 15 is 0 Å². The Hall–Kier alpha value is -1.49. The Labute approximate surface area is 102 Å². The second-order valence-corrected chi connectivity index (χ2v) is 3.71. The van der Waals surface area contributed by atoms with Gasteiger partial charge in [-0.25, -0.2) is 8.78 Å². The highest BCUT2D eigenvalue weighted by atomic mass is 35.5. The summed E-state index contributed by atoms with van der Waals surface area (Å²) >= 11 is 5.70. The van der Waals surface area contributed by atoms with Crippen molar-refractivity contribution in [1.29, 1.82) is 0 Å². The Morgan fingerprint density at radius 1 is 1.29 bits per heavy atom. The van der Waals surface area contributed by atoms with Gasteiger partial charge in [-0.05, 0) is 19.1 Å². The van der Waals surface area contributed by atoms with Crippen molar-refractivity contribution in [2.24, 2.45) is 0 Å². The summed E-state index contributed by atoms with van der Waals surface area (Å²) in [4.78, 5) is 0. The maximum Gasteiger partial charge on any atom is 0.166 e. The Morgan fingerprint density at radius 2 is 2.06 bits per heavy atom. The van der Waals surface area contributed by atoms with E-state index < -0.39 is 11.6 Å². The highest BCUT2D eigenvalue weighted by Gasteiger charge is 2.15. The quantitative estimate of drug-likeness (QED) is 0.792. The molecule has 0 fully saturated rings. The molecule has 0 saturated heterocycles. The molecule has 0 unspecified atom stereocenters. The third kappa shape index (κ3) is 2.15. The van der Waals surface area contributed by atoms with Crippen LogP contribution < -0.4 is 0 Å². The number of rotatable bonds is 3. The Balaban J connectivity index is 2.56. The maximum atomic E-state index is 13.6. The summed E-state index contributed by atoms with van der Waals surface area (Å²) in [5.74, 6) is -0.156. The second-order valence-electron chi connectivity index (χ2n) is 3.44. The first-order chi connectivity index (χ1) is 8.17. The lowest BCUT2D eigenvalue weighted by Crippen LogP contribution is -2.03. The van der Waals surface area contributed by atoms with Crippen LogP contribution >= 0.6 is 11.6 Å². The van der Waals surface area contributed by atoms with Crippen molar-refractivity contribution in [3.63, 3.8) is 0 Å². The molecule has 1 heterocycles. The van der Waals surface area contributed by atoms with E-state index in [2.05, 4.69) is 10.2 Å². The van der Waals surface area contributed by atoms with Crippen molar-refractivity contribution in [2.75, 3.05) is 0 Å². The van der Waals surface area contributed by atoms with Gasteiger partial charge in [-0.1, -0.05) is 0 Å². The number of hydrogen-bond acceptors (Lipinski definition) is 2. The third-order valence-electron chi connectivity index (χ3n) is 2.44. The molecule has 0 atom stereocenters. The molecule has 90 valence electrons. The van der Waals surface area contributed by atoms with Crippen LogP contribution in [0.3, 0.4) is 0 Å². The maximum absolute atomic E-state index is 13.6. The van der Waals surface area contributed by atoms with Crippen molar-refractivity contribution < 1.29 is 8.78 Å². The average molecular weight is 258 g/mol. The van der Waals surface area contributed by atoms with Crippen LogP contribution in [0.2, 0.25) is 0 Å². The molecule has 0 N–H and O–H groups in total. The average Bonchev–Trinajstić information content (AvgIpc) is 2.71. The summed E-state index contributed by atoms with van der Waals surface area (Å²) in [5, 5.41) is 7.75. The molecule has 6 heteroatoms. The van der Waals surface area contributed by atoms with E-state index in [1.165, 1.54) is 12.1 Å². The molecule has 1 aromatic carbocycles. The molecule has 17 heavy (non-hydrogen) atoms. The molecule has 2 aromatic rings. The molecule has 0 aliphatic rings. The predicted octanol–water partition coefficient (Wildman–Crippen LogP) is 2.98. The summed E-state index contributed by atoms with van der Waals surface area (Å²) in [6, 6.07) is 3.36. The minimum absolute atomic E-state index is 0.198. The lowest BCUT2D eigenvalue weighted by molar-refractivity contribution is 0.583. The Bertz CT molecular complexity index is 540. The highest BCUT2D eigenvalue weighted by molar-refractivity contribution is 6.16. The normalized spacial score (nSPS) is 10.8. The van der Waals surface area contributed by atoms with Crippen molar-refractivity contribution in [1.82, 2.24) is 14.8 Å². The van der Waals surface area contributed by atoms with Gasteiger partial charge in [0.2, 0.25) is 0 Å². The first-order valence-electron chi connectivity index (χ1n) is 5.10. The molecular weight excluding hydrogens is 248 g/mol. The van der Waals surface area contributed by atoms with E-state index in [4.69, 9.17) is 11.6 Å². The minimum Gasteiger partial charge on any atom is -0.310 e. The number of aromatic nitrogens is 3. The van der Waals surface area contributed by atoms with Gasteiger partial charge in [0.1, 0.15) is 17.5 Å². The van der Waals surface area contributed by atoms with E-state index in [9.17, 15) is 8.78 Å². The van der Waals surface area contributed by atoms with Crippen LogP contribution in [0.25, 0.3) is 11.4 Å². The number of alkyl halides is 1. The van der Waals surface area contributed by atoms with Gasteiger partial charge in [-0.2, -0.15) is 0 Å². The molecule has 0 radical (unpaired) electrons. The fraction of sp³-hybridized carbons (Fsp3) is 0.273. The molecule has 0 amide bonds. The van der Waals surface area contributed by atoms with Crippen molar-refractivity contribution >= 4 is 11.6 Å². The lowest BCUT2D eigenvalue weighted by atomic mass is 10.2. The summed E-state index contributed by atoms with van der Waals surface area (Å²) in [7, 11) is 0. The van der Waals surface area contributed by atoms with Crippen molar-refractivity contribution in [3.05, 3.63) is 35.7 Å². The van der Waals surface area contributed by atoms with Crippen LogP contribution in [0, 0.1) is 11.6 Å². The Kier molecular flexibility index (Phi) is 3.38. The highest BCUT2D eigenvalue weighted by Crippen LogP contribution is 2.23. The Morgan fingerprint density at radius 3 is 2.65 bits per heavy atom. The van der Waals surface area contributed by atoms with E-state index in [1.54, 1.807) is 4.57 Å². The standard InChI is InChI=1S/C11H10ClF2N3/c1-2-17-10(6-12)15-16-11(17)8-4-3-7(13)5-9(8)14/h3-5H,2,6H2,1H3. The van der Waals surface area contributed by atoms with Crippen molar-refractivity contribution in [3.8, 4) is 11.4 Å². The zero-order valence-electron chi connectivity index (χ0n) is 9.12. The summed E-state index contributed by atoms with van der Waals surface area (Å²) < 4.78 is 28.1. The minimum atomic E-state index is -0.659. The third-order valence-corrected chi connectivity index (χ3v) is 2.67. The van der Waals surface area contributed by atoms with E-state index in [1.807, 2.05) is 6.92 Å². The van der Waals surface area contributed by atoms with Crippen molar-refractivity contribution in [2.45, 2.75) is 19.3 Å². The van der Waals surface area contributed by atoms with Gasteiger partial charge in [0.25, 0.3) is 0 Å². The molecule has 0 aliphatic carbocycles. The zero-order chi connectivity index (χ0) is 12.4. The first-order valence-corrected chi connectivity index (χ1v) is 5.64. The van der Waals surface area contributed by atoms with Gasteiger partial charge >= 0.3 is 0 Å². The molecule has 0 aliphatic heterocycles. The number of halogens is 3. The number of nitrogens with zero attached hydrogens (tertiary/aromatic N) is 3. The molecular formula is C11H10ClF2N3. The number of benzene rings is 1. The van der Waals surface area contributed by atoms with Gasteiger partial charge in [-0.15, -0.1) is 21.8 Å². The SMILES string of the molecule is CCn1c(CCl)nnc1-c1ccc(F)cc1F. The predicted molar refractivity (Wildman–Crippen MR) is 60.6 cm³/mol. The largest absolute Gasteiger partial charge is 0.310 e. The fourth-order valence-corrected chi connectivity index (χ4v) is 1.83. The second kappa shape index (κ2) is 4.79. The summed E-state index contributed by atoms with van der Waals surface area (Å²) in [6.07, 6.45) is 0. The van der Waals surface area contributed by atoms with Gasteiger partial charge in [0, 0.05) is 12.6 Å². The summed E-state index contributed by atoms with van der Waals surface area (Å²) in [5.41, 5.74) is 0.220. The zero-order valence-corrected chi connectivity index (χ0v) is 9.88. The lowest BCUT2D eigenvalue weighted by Gasteiger charge is -2.06. The van der Waals surface area contributed by atoms with Gasteiger partial charge < -0.3 is 4.57 Å². The topological polar surface area (TPSA) is 30.7 Å². The molecule has 0 saturated carbocycles. The van der Waals surface area contributed by atoms with E-state index in [-0.39, 0.29) is 11.4 Å². The molecule has 3 nitrogen and oxygen atoms in total. The summed E-state index contributed by atoms with van der Waals surface area (Å²) in [6.45, 7) is 2.45. The molecule has 0 spiro atoms. The van der Waals surface area contributed by atoms with Crippen LogP contribution in [0.1, 0.15) is 12.7 Å². The van der Waals surface area contributed by atoms with Crippen LogP contribution in [0.15, 0.2) is 18.2 Å². The smallest absolute Gasteiger partial charge is 0.166 e. The molecule has 0 bridgehead atoms. The monoisotopic (exact) mass is 257 g/mol. The van der Waals surface area contributed by atoms with Gasteiger partial charge in [-0.3, -0.25) is 0 Å². The van der Waals surface area contributed by atoms with Gasteiger partial charge in [0.15, 0.2) is 5.82 Å². The van der Waals surface area contributed by atoms with Crippen LogP contribution in [0.4, 0.5) is 8.78 Å². The van der Waals surface area contributed by atoms with Crippen LogP contribution in [-0.4, -0.2) is 14.8 Å².